The Hall–Kier alpha value is -3.88. The number of carboxylic acids is 2. The van der Waals surface area contributed by atoms with Gasteiger partial charge in [-0.15, -0.1) is 0 Å². The van der Waals surface area contributed by atoms with Gasteiger partial charge in [-0.1, -0.05) is 6.07 Å². The van der Waals surface area contributed by atoms with Gasteiger partial charge in [-0.3, -0.25) is 9.59 Å². The van der Waals surface area contributed by atoms with E-state index in [9.17, 15) is 19.2 Å². The van der Waals surface area contributed by atoms with Crippen molar-refractivity contribution in [2.75, 3.05) is 6.54 Å². The van der Waals surface area contributed by atoms with E-state index < -0.39 is 30.4 Å². The molecule has 9 nitrogen and oxygen atoms in total. The normalized spacial score (nSPS) is 15.3. The Labute approximate surface area is 152 Å². The zero-order chi connectivity index (χ0) is 19.7. The highest BCUT2D eigenvalue weighted by Gasteiger charge is 2.35. The Morgan fingerprint density at radius 3 is 2.56 bits per heavy atom. The van der Waals surface area contributed by atoms with E-state index in [0.717, 1.165) is 0 Å². The molecular weight excluding hydrogens is 356 g/mol. The van der Waals surface area contributed by atoms with E-state index in [0.29, 0.717) is 21.8 Å². The molecule has 3 amide bonds. The Balaban J connectivity index is 1.86. The fraction of sp³-hybridized carbons (Fsp3) is 0.111. The van der Waals surface area contributed by atoms with Gasteiger partial charge >= 0.3 is 18.0 Å². The number of carboxylic acid groups (broad SMARTS) is 2. The minimum absolute atomic E-state index is 0.0971. The minimum Gasteiger partial charge on any atom is -0.480 e. The first-order chi connectivity index (χ1) is 12.8. The lowest BCUT2D eigenvalue weighted by atomic mass is 10.0. The fourth-order valence-electron chi connectivity index (χ4n) is 2.64. The Morgan fingerprint density at radius 2 is 1.93 bits per heavy atom. The van der Waals surface area contributed by atoms with Crippen LogP contribution in [0.3, 0.4) is 0 Å². The van der Waals surface area contributed by atoms with Gasteiger partial charge in [0.15, 0.2) is 0 Å². The second-order valence-corrected chi connectivity index (χ2v) is 5.81. The van der Waals surface area contributed by atoms with Crippen molar-refractivity contribution < 1.29 is 33.8 Å². The third-order valence-electron chi connectivity index (χ3n) is 3.91. The van der Waals surface area contributed by atoms with E-state index in [1.165, 1.54) is 18.2 Å². The van der Waals surface area contributed by atoms with Crippen molar-refractivity contribution in [3.63, 3.8) is 0 Å². The first-order valence-corrected chi connectivity index (χ1v) is 7.77. The van der Waals surface area contributed by atoms with E-state index in [1.54, 1.807) is 25.1 Å². The number of rotatable bonds is 5. The van der Waals surface area contributed by atoms with Gasteiger partial charge in [0.25, 0.3) is 5.91 Å². The number of benzene rings is 1. The Bertz CT molecular complexity index is 1000. The number of nitrogens with zero attached hydrogens (tertiary/aromatic N) is 1. The van der Waals surface area contributed by atoms with Crippen LogP contribution in [-0.4, -0.2) is 45.5 Å². The maximum atomic E-state index is 12.1. The summed E-state index contributed by atoms with van der Waals surface area (Å²) in [5, 5.41) is 20.1. The highest BCUT2D eigenvalue weighted by Crippen LogP contribution is 2.27. The van der Waals surface area contributed by atoms with Crippen LogP contribution in [-0.2, 0) is 9.59 Å². The molecule has 0 unspecified atom stereocenters. The summed E-state index contributed by atoms with van der Waals surface area (Å²) in [6.07, 6.45) is 1.30. The summed E-state index contributed by atoms with van der Waals surface area (Å²) in [4.78, 5) is 46.1. The molecule has 3 N–H and O–H groups in total. The Morgan fingerprint density at radius 1 is 1.19 bits per heavy atom. The molecule has 2 aromatic rings. The smallest absolute Gasteiger partial charge is 0.335 e. The molecule has 1 aliphatic rings. The molecule has 1 aromatic heterocycles. The van der Waals surface area contributed by atoms with Crippen molar-refractivity contribution >= 4 is 30.0 Å². The number of nitrogens with one attached hydrogen (secondary N) is 1. The topological polar surface area (TPSA) is 137 Å². The fourth-order valence-corrected chi connectivity index (χ4v) is 2.64. The zero-order valence-electron chi connectivity index (χ0n) is 14.1. The number of hydrogen-bond acceptors (Lipinski definition) is 5. The van der Waals surface area contributed by atoms with E-state index in [2.05, 4.69) is 5.32 Å². The first kappa shape index (κ1) is 17.9. The van der Waals surface area contributed by atoms with Crippen LogP contribution in [0.25, 0.3) is 17.4 Å². The number of urea groups is 1. The van der Waals surface area contributed by atoms with E-state index in [4.69, 9.17) is 14.6 Å². The molecule has 9 heteroatoms. The predicted molar refractivity (Wildman–Crippen MR) is 91.7 cm³/mol. The maximum Gasteiger partial charge on any atom is 0.335 e. The van der Waals surface area contributed by atoms with Crippen LogP contribution in [0.1, 0.15) is 21.7 Å². The lowest BCUT2D eigenvalue weighted by Crippen LogP contribution is -2.35. The molecule has 0 atom stereocenters. The van der Waals surface area contributed by atoms with Crippen molar-refractivity contribution in [1.29, 1.82) is 0 Å². The van der Waals surface area contributed by atoms with Crippen LogP contribution in [0, 0.1) is 6.92 Å². The van der Waals surface area contributed by atoms with Gasteiger partial charge in [-0.25, -0.2) is 14.5 Å². The highest BCUT2D eigenvalue weighted by molar-refractivity contribution is 6.15. The third kappa shape index (κ3) is 3.56. The molecule has 1 saturated heterocycles. The number of aromatic carboxylic acids is 1. The largest absolute Gasteiger partial charge is 0.480 e. The quantitative estimate of drug-likeness (QED) is 0.540. The van der Waals surface area contributed by atoms with Crippen molar-refractivity contribution in [2.24, 2.45) is 0 Å². The molecule has 1 aliphatic heterocycles. The number of hydrogen-bond donors (Lipinski definition) is 3. The first-order valence-electron chi connectivity index (χ1n) is 7.77. The zero-order valence-corrected chi connectivity index (χ0v) is 14.1. The van der Waals surface area contributed by atoms with Crippen LogP contribution in [0.5, 0.6) is 0 Å². The summed E-state index contributed by atoms with van der Waals surface area (Å²) < 4.78 is 5.65. The summed E-state index contributed by atoms with van der Waals surface area (Å²) in [5.41, 5.74) is 1.43. The van der Waals surface area contributed by atoms with Crippen molar-refractivity contribution in [2.45, 2.75) is 6.92 Å². The van der Waals surface area contributed by atoms with Crippen LogP contribution in [0.2, 0.25) is 0 Å². The van der Waals surface area contributed by atoms with E-state index in [-0.39, 0.29) is 17.0 Å². The van der Waals surface area contributed by atoms with E-state index >= 15 is 0 Å². The summed E-state index contributed by atoms with van der Waals surface area (Å²) in [6.45, 7) is 1.01. The molecule has 0 saturated carbocycles. The number of imide groups is 1. The molecule has 1 aromatic carbocycles. The SMILES string of the molecule is Cc1cc(C(=O)O)ccc1-c1ccc(/C=C2/NC(=O)N(CC(=O)O)C2=O)o1. The summed E-state index contributed by atoms with van der Waals surface area (Å²) in [7, 11) is 0. The van der Waals surface area contributed by atoms with Crippen LogP contribution < -0.4 is 5.32 Å². The van der Waals surface area contributed by atoms with Gasteiger partial charge in [0.1, 0.15) is 23.8 Å². The number of furan rings is 1. The molecule has 138 valence electrons. The molecular formula is C18H14N2O7. The summed E-state index contributed by atoms with van der Waals surface area (Å²) in [5.74, 6) is -2.37. The van der Waals surface area contributed by atoms with Crippen molar-refractivity contribution in [3.05, 3.63) is 52.9 Å². The molecule has 2 heterocycles. The third-order valence-corrected chi connectivity index (χ3v) is 3.91. The molecule has 0 aliphatic carbocycles. The van der Waals surface area contributed by atoms with Crippen LogP contribution in [0.15, 0.2) is 40.4 Å². The number of amides is 3. The van der Waals surface area contributed by atoms with Gasteiger partial charge < -0.3 is 19.9 Å². The molecule has 1 fully saturated rings. The lowest BCUT2D eigenvalue weighted by molar-refractivity contribution is -0.140. The van der Waals surface area contributed by atoms with Gasteiger partial charge in [-0.2, -0.15) is 0 Å². The molecule has 3 rings (SSSR count). The molecule has 0 radical (unpaired) electrons. The number of carbonyl (C=O) groups excluding carboxylic acids is 2. The van der Waals surface area contributed by atoms with Crippen molar-refractivity contribution in [1.82, 2.24) is 10.2 Å². The second-order valence-electron chi connectivity index (χ2n) is 5.81. The lowest BCUT2D eigenvalue weighted by Gasteiger charge is -2.06. The maximum absolute atomic E-state index is 12.1. The van der Waals surface area contributed by atoms with Gasteiger partial charge in [0, 0.05) is 11.6 Å². The average molecular weight is 370 g/mol. The van der Waals surface area contributed by atoms with Gasteiger partial charge in [-0.05, 0) is 36.8 Å². The monoisotopic (exact) mass is 370 g/mol. The van der Waals surface area contributed by atoms with Crippen LogP contribution in [0.4, 0.5) is 4.79 Å². The molecule has 27 heavy (non-hydrogen) atoms. The predicted octanol–water partition coefficient (Wildman–Crippen LogP) is 1.93. The standard InChI is InChI=1S/C18H14N2O7/c1-9-6-10(17(24)25)2-4-12(9)14-5-3-11(27-14)7-13-16(23)20(8-15(21)22)18(26)19-13/h2-7H,8H2,1H3,(H,19,26)(H,21,22)(H,24,25)/b13-7+. The van der Waals surface area contributed by atoms with Gasteiger partial charge in [0.05, 0.1) is 5.56 Å². The summed E-state index contributed by atoms with van der Waals surface area (Å²) >= 11 is 0. The minimum atomic E-state index is -1.31. The highest BCUT2D eigenvalue weighted by atomic mass is 16.4. The number of aryl methyl sites for hydroxylation is 1. The number of aliphatic carboxylic acids is 1. The van der Waals surface area contributed by atoms with Crippen molar-refractivity contribution in [3.8, 4) is 11.3 Å². The number of carbonyl (C=O) groups is 4. The second kappa shape index (κ2) is 6.79. The Kier molecular flexibility index (Phi) is 4.51. The molecule has 0 spiro atoms. The molecule has 0 bridgehead atoms. The van der Waals surface area contributed by atoms with E-state index in [1.807, 2.05) is 0 Å². The van der Waals surface area contributed by atoms with Gasteiger partial charge in [0.2, 0.25) is 0 Å². The van der Waals surface area contributed by atoms with Crippen LogP contribution >= 0.6 is 0 Å². The summed E-state index contributed by atoms with van der Waals surface area (Å²) in [6, 6.07) is 6.99. The average Bonchev–Trinajstić information content (AvgIpc) is 3.15.